The van der Waals surface area contributed by atoms with Gasteiger partial charge in [0.2, 0.25) is 5.91 Å². The van der Waals surface area contributed by atoms with Gasteiger partial charge in [-0.05, 0) is 41.9 Å². The number of rotatable bonds is 5. The lowest BCUT2D eigenvalue weighted by molar-refractivity contribution is -0.131. The van der Waals surface area contributed by atoms with E-state index in [0.29, 0.717) is 28.1 Å². The van der Waals surface area contributed by atoms with Crippen LogP contribution in [-0.2, 0) is 4.79 Å². The highest BCUT2D eigenvalue weighted by Crippen LogP contribution is 2.26. The summed E-state index contributed by atoms with van der Waals surface area (Å²) >= 11 is 9.38. The predicted octanol–water partition coefficient (Wildman–Crippen LogP) is 3.04. The highest BCUT2D eigenvalue weighted by molar-refractivity contribution is 9.10. The zero-order chi connectivity index (χ0) is 15.3. The first-order valence-electron chi connectivity index (χ1n) is 6.39. The van der Waals surface area contributed by atoms with Crippen LogP contribution in [-0.4, -0.2) is 48.3 Å². The molecule has 110 valence electrons. The van der Waals surface area contributed by atoms with Crippen LogP contribution >= 0.6 is 27.5 Å². The number of nitrogens with zero attached hydrogens (tertiary/aromatic N) is 2. The fourth-order valence-electron chi connectivity index (χ4n) is 1.83. The second-order valence-electron chi connectivity index (χ2n) is 4.33. The molecule has 20 heavy (non-hydrogen) atoms. The molecule has 0 aliphatic carbocycles. The highest BCUT2D eigenvalue weighted by Gasteiger charge is 2.20. The summed E-state index contributed by atoms with van der Waals surface area (Å²) in [6.45, 7) is 5.14. The van der Waals surface area contributed by atoms with E-state index in [1.165, 1.54) is 4.90 Å². The van der Waals surface area contributed by atoms with Gasteiger partial charge < -0.3 is 9.80 Å². The minimum atomic E-state index is -0.267. The SMILES string of the molecule is CCN(CC)C(=O)CN(C)C(=O)c1cccc(Br)c1Cl. The van der Waals surface area contributed by atoms with Crippen molar-refractivity contribution in [1.29, 1.82) is 0 Å². The lowest BCUT2D eigenvalue weighted by Gasteiger charge is -2.23. The zero-order valence-electron chi connectivity index (χ0n) is 11.8. The average Bonchev–Trinajstić information content (AvgIpc) is 2.42. The van der Waals surface area contributed by atoms with Gasteiger partial charge in [-0.25, -0.2) is 0 Å². The third-order valence-corrected chi connectivity index (χ3v) is 4.31. The molecule has 2 amide bonds. The van der Waals surface area contributed by atoms with Gasteiger partial charge >= 0.3 is 0 Å². The van der Waals surface area contributed by atoms with Gasteiger partial charge in [0.15, 0.2) is 0 Å². The molecule has 0 heterocycles. The van der Waals surface area contributed by atoms with Crippen LogP contribution in [0.1, 0.15) is 24.2 Å². The molecule has 0 aromatic heterocycles. The number of amides is 2. The molecule has 0 atom stereocenters. The molecule has 0 aliphatic heterocycles. The molecule has 1 rings (SSSR count). The Labute approximate surface area is 132 Å². The largest absolute Gasteiger partial charge is 0.342 e. The molecule has 0 radical (unpaired) electrons. The Bertz CT molecular complexity index is 504. The van der Waals surface area contributed by atoms with Crippen molar-refractivity contribution in [1.82, 2.24) is 9.80 Å². The smallest absolute Gasteiger partial charge is 0.255 e. The lowest BCUT2D eigenvalue weighted by Crippen LogP contribution is -2.41. The van der Waals surface area contributed by atoms with Crippen molar-refractivity contribution in [3.8, 4) is 0 Å². The Balaban J connectivity index is 2.82. The summed E-state index contributed by atoms with van der Waals surface area (Å²) < 4.78 is 0.661. The standard InChI is InChI=1S/C14H18BrClN2O2/c1-4-18(5-2)12(19)9-17(3)14(20)10-7-6-8-11(15)13(10)16/h6-8H,4-5,9H2,1-3H3. The van der Waals surface area contributed by atoms with Crippen molar-refractivity contribution in [2.75, 3.05) is 26.7 Å². The van der Waals surface area contributed by atoms with Crippen molar-refractivity contribution in [3.63, 3.8) is 0 Å². The van der Waals surface area contributed by atoms with E-state index in [1.807, 2.05) is 13.8 Å². The lowest BCUT2D eigenvalue weighted by atomic mass is 10.2. The van der Waals surface area contributed by atoms with Gasteiger partial charge in [0, 0.05) is 24.6 Å². The second-order valence-corrected chi connectivity index (χ2v) is 5.56. The molecule has 0 saturated carbocycles. The fraction of sp³-hybridized carbons (Fsp3) is 0.429. The molecule has 0 spiro atoms. The Kier molecular flexibility index (Phi) is 6.49. The summed E-state index contributed by atoms with van der Waals surface area (Å²) in [4.78, 5) is 27.4. The van der Waals surface area contributed by atoms with Gasteiger partial charge in [0.05, 0.1) is 17.1 Å². The van der Waals surface area contributed by atoms with E-state index in [4.69, 9.17) is 11.6 Å². The van der Waals surface area contributed by atoms with Gasteiger partial charge in [-0.15, -0.1) is 0 Å². The Morgan fingerprint density at radius 3 is 2.40 bits per heavy atom. The van der Waals surface area contributed by atoms with Crippen molar-refractivity contribution in [2.24, 2.45) is 0 Å². The van der Waals surface area contributed by atoms with Gasteiger partial charge in [-0.3, -0.25) is 9.59 Å². The third-order valence-electron chi connectivity index (χ3n) is 3.02. The maximum Gasteiger partial charge on any atom is 0.255 e. The quantitative estimate of drug-likeness (QED) is 0.809. The number of carbonyl (C=O) groups excluding carboxylic acids is 2. The van der Waals surface area contributed by atoms with E-state index < -0.39 is 0 Å². The van der Waals surface area contributed by atoms with Gasteiger partial charge in [0.25, 0.3) is 5.91 Å². The van der Waals surface area contributed by atoms with Gasteiger partial charge in [-0.2, -0.15) is 0 Å². The first kappa shape index (κ1) is 17.0. The highest BCUT2D eigenvalue weighted by atomic mass is 79.9. The number of hydrogen-bond acceptors (Lipinski definition) is 2. The van der Waals surface area contributed by atoms with Crippen LogP contribution in [0.2, 0.25) is 5.02 Å². The Morgan fingerprint density at radius 1 is 1.25 bits per heavy atom. The number of carbonyl (C=O) groups is 2. The van der Waals surface area contributed by atoms with E-state index in [-0.39, 0.29) is 18.4 Å². The summed E-state index contributed by atoms with van der Waals surface area (Å²) in [7, 11) is 1.60. The van der Waals surface area contributed by atoms with E-state index in [2.05, 4.69) is 15.9 Å². The van der Waals surface area contributed by atoms with Gasteiger partial charge in [0.1, 0.15) is 0 Å². The van der Waals surface area contributed by atoms with E-state index in [0.717, 1.165) is 0 Å². The minimum Gasteiger partial charge on any atom is -0.342 e. The molecular weight excluding hydrogens is 344 g/mol. The Morgan fingerprint density at radius 2 is 1.85 bits per heavy atom. The van der Waals surface area contributed by atoms with Crippen LogP contribution in [0.5, 0.6) is 0 Å². The minimum absolute atomic E-state index is 0.0450. The molecule has 0 N–H and O–H groups in total. The van der Waals surface area contributed by atoms with Crippen molar-refractivity contribution < 1.29 is 9.59 Å². The van der Waals surface area contributed by atoms with Crippen LogP contribution < -0.4 is 0 Å². The van der Waals surface area contributed by atoms with Crippen LogP contribution in [0.4, 0.5) is 0 Å². The summed E-state index contributed by atoms with van der Waals surface area (Å²) in [5.74, 6) is -0.339. The molecule has 0 fully saturated rings. The number of hydrogen-bond donors (Lipinski definition) is 0. The van der Waals surface area contributed by atoms with Crippen LogP contribution in [0, 0.1) is 0 Å². The molecule has 0 bridgehead atoms. The van der Waals surface area contributed by atoms with Crippen LogP contribution in [0.15, 0.2) is 22.7 Å². The van der Waals surface area contributed by atoms with E-state index in [9.17, 15) is 9.59 Å². The molecule has 1 aromatic rings. The molecule has 6 heteroatoms. The fourth-order valence-corrected chi connectivity index (χ4v) is 2.40. The summed E-state index contributed by atoms with van der Waals surface area (Å²) in [5.41, 5.74) is 0.385. The first-order chi connectivity index (χ1) is 9.42. The second kappa shape index (κ2) is 7.64. The molecular formula is C14H18BrClN2O2. The monoisotopic (exact) mass is 360 g/mol. The van der Waals surface area contributed by atoms with Crippen molar-refractivity contribution in [3.05, 3.63) is 33.3 Å². The normalized spacial score (nSPS) is 10.2. The zero-order valence-corrected chi connectivity index (χ0v) is 14.2. The van der Waals surface area contributed by atoms with E-state index >= 15 is 0 Å². The average molecular weight is 362 g/mol. The first-order valence-corrected chi connectivity index (χ1v) is 7.56. The molecule has 0 unspecified atom stereocenters. The topological polar surface area (TPSA) is 40.6 Å². The van der Waals surface area contributed by atoms with Crippen LogP contribution in [0.25, 0.3) is 0 Å². The summed E-state index contributed by atoms with van der Waals surface area (Å²) in [6, 6.07) is 5.15. The van der Waals surface area contributed by atoms with Crippen molar-refractivity contribution in [2.45, 2.75) is 13.8 Å². The Hall–Kier alpha value is -1.07. The number of halogens is 2. The molecule has 4 nitrogen and oxygen atoms in total. The van der Waals surface area contributed by atoms with Crippen LogP contribution in [0.3, 0.4) is 0 Å². The molecule has 1 aromatic carbocycles. The number of benzene rings is 1. The number of likely N-dealkylation sites (N-methyl/N-ethyl adjacent to an activating group) is 2. The summed E-state index contributed by atoms with van der Waals surface area (Å²) in [5, 5.41) is 0.361. The molecule has 0 saturated heterocycles. The van der Waals surface area contributed by atoms with E-state index in [1.54, 1.807) is 30.1 Å². The van der Waals surface area contributed by atoms with Crippen molar-refractivity contribution >= 4 is 39.3 Å². The third kappa shape index (κ3) is 3.96. The maximum absolute atomic E-state index is 12.3. The van der Waals surface area contributed by atoms with Gasteiger partial charge in [-0.1, -0.05) is 17.7 Å². The molecule has 0 aliphatic rings. The summed E-state index contributed by atoms with van der Waals surface area (Å²) in [6.07, 6.45) is 0. The maximum atomic E-state index is 12.3. The predicted molar refractivity (Wildman–Crippen MR) is 84.0 cm³/mol.